The summed E-state index contributed by atoms with van der Waals surface area (Å²) >= 11 is 5.84. The van der Waals surface area contributed by atoms with Crippen LogP contribution < -0.4 is 20.9 Å². The van der Waals surface area contributed by atoms with E-state index >= 15 is 0 Å². The molecule has 0 bridgehead atoms. The first-order chi connectivity index (χ1) is 11.2. The molecule has 0 aliphatic carbocycles. The molecule has 0 spiro atoms. The number of amides is 1. The van der Waals surface area contributed by atoms with Crippen LogP contribution in [0.2, 0.25) is 5.02 Å². The zero-order valence-corrected chi connectivity index (χ0v) is 13.4. The van der Waals surface area contributed by atoms with Gasteiger partial charge in [-0.1, -0.05) is 23.7 Å². The Morgan fingerprint density at radius 1 is 1.22 bits per heavy atom. The van der Waals surface area contributed by atoms with Gasteiger partial charge in [-0.2, -0.15) is 0 Å². The number of hydrogen-bond acceptors (Lipinski definition) is 4. The summed E-state index contributed by atoms with van der Waals surface area (Å²) in [5.74, 6) is 0.726. The number of nitrogens with one attached hydrogen (secondary N) is 3. The van der Waals surface area contributed by atoms with Crippen molar-refractivity contribution in [3.63, 3.8) is 0 Å². The van der Waals surface area contributed by atoms with Crippen molar-refractivity contribution in [2.24, 2.45) is 0 Å². The molecular weight excluding hydrogens is 314 g/mol. The fourth-order valence-corrected chi connectivity index (χ4v) is 2.69. The number of methoxy groups -OCH3 is 1. The molecule has 120 valence electrons. The maximum absolute atomic E-state index is 12.3. The minimum absolute atomic E-state index is 0.0612. The Kier molecular flexibility index (Phi) is 4.81. The van der Waals surface area contributed by atoms with Crippen LogP contribution in [-0.4, -0.2) is 19.1 Å². The van der Waals surface area contributed by atoms with Crippen molar-refractivity contribution in [1.82, 2.24) is 10.9 Å². The number of carbonyl (C=O) groups excluding carboxylic acids is 1. The highest BCUT2D eigenvalue weighted by Gasteiger charge is 2.30. The molecule has 5 nitrogen and oxygen atoms in total. The van der Waals surface area contributed by atoms with E-state index in [1.165, 1.54) is 0 Å². The summed E-state index contributed by atoms with van der Waals surface area (Å²) in [7, 11) is 1.64. The number of carbonyl (C=O) groups is 1. The number of ether oxygens (including phenoxy) is 1. The third-order valence-corrected chi connectivity index (χ3v) is 4.08. The monoisotopic (exact) mass is 331 g/mol. The molecule has 1 heterocycles. The Hall–Kier alpha value is -2.08. The molecule has 1 aliphatic heterocycles. The van der Waals surface area contributed by atoms with Gasteiger partial charge in [0, 0.05) is 16.8 Å². The lowest BCUT2D eigenvalue weighted by Gasteiger charge is -2.11. The molecule has 1 amide bonds. The highest BCUT2D eigenvalue weighted by atomic mass is 35.5. The molecule has 3 N–H and O–H groups in total. The third-order valence-electron chi connectivity index (χ3n) is 3.83. The molecule has 0 saturated carbocycles. The summed E-state index contributed by atoms with van der Waals surface area (Å²) in [5.41, 5.74) is 8.02. The normalized spacial score (nSPS) is 20.3. The van der Waals surface area contributed by atoms with E-state index in [1.807, 2.05) is 24.3 Å². The Balaban J connectivity index is 1.62. The summed E-state index contributed by atoms with van der Waals surface area (Å²) in [4.78, 5) is 12.3. The maximum atomic E-state index is 12.3. The van der Waals surface area contributed by atoms with E-state index in [-0.39, 0.29) is 18.0 Å². The van der Waals surface area contributed by atoms with Crippen LogP contribution in [0.5, 0.6) is 5.75 Å². The highest BCUT2D eigenvalue weighted by molar-refractivity contribution is 6.30. The van der Waals surface area contributed by atoms with E-state index in [0.717, 1.165) is 17.0 Å². The number of rotatable bonds is 4. The van der Waals surface area contributed by atoms with E-state index in [4.69, 9.17) is 16.3 Å². The predicted octanol–water partition coefficient (Wildman–Crippen LogP) is 2.89. The molecule has 0 radical (unpaired) electrons. The molecule has 1 saturated heterocycles. The van der Waals surface area contributed by atoms with Crippen molar-refractivity contribution in [2.45, 2.75) is 18.5 Å². The SMILES string of the molecule is COc1cccc(C2CC(C(=O)Nc3ccc(Cl)cc3)NN2)c1. The zero-order chi connectivity index (χ0) is 16.2. The van der Waals surface area contributed by atoms with Gasteiger partial charge in [-0.25, -0.2) is 10.9 Å². The second-order valence-electron chi connectivity index (χ2n) is 5.40. The fraction of sp³-hybridized carbons (Fsp3) is 0.235. The van der Waals surface area contributed by atoms with Crippen LogP contribution in [0.3, 0.4) is 0 Å². The van der Waals surface area contributed by atoms with E-state index in [1.54, 1.807) is 31.4 Å². The fourth-order valence-electron chi connectivity index (χ4n) is 2.57. The third kappa shape index (κ3) is 3.82. The van der Waals surface area contributed by atoms with Gasteiger partial charge in [0.1, 0.15) is 11.8 Å². The van der Waals surface area contributed by atoms with E-state index in [0.29, 0.717) is 11.4 Å². The largest absolute Gasteiger partial charge is 0.497 e. The molecule has 6 heteroatoms. The molecule has 2 aromatic rings. The minimum Gasteiger partial charge on any atom is -0.497 e. The smallest absolute Gasteiger partial charge is 0.242 e. The molecule has 2 aromatic carbocycles. The summed E-state index contributed by atoms with van der Waals surface area (Å²) < 4.78 is 5.24. The Labute approximate surface area is 140 Å². The summed E-state index contributed by atoms with van der Waals surface area (Å²) in [6, 6.07) is 14.6. The van der Waals surface area contributed by atoms with Crippen molar-refractivity contribution in [1.29, 1.82) is 0 Å². The van der Waals surface area contributed by atoms with Gasteiger partial charge in [-0.3, -0.25) is 4.79 Å². The van der Waals surface area contributed by atoms with Crippen LogP contribution >= 0.6 is 11.6 Å². The molecule has 1 aliphatic rings. The highest BCUT2D eigenvalue weighted by Crippen LogP contribution is 2.26. The topological polar surface area (TPSA) is 62.4 Å². The predicted molar refractivity (Wildman–Crippen MR) is 90.5 cm³/mol. The molecule has 1 fully saturated rings. The van der Waals surface area contributed by atoms with Gasteiger partial charge in [0.15, 0.2) is 0 Å². The second-order valence-corrected chi connectivity index (χ2v) is 5.84. The number of anilines is 1. The van der Waals surface area contributed by atoms with Gasteiger partial charge in [-0.05, 0) is 48.4 Å². The lowest BCUT2D eigenvalue weighted by atomic mass is 10.0. The van der Waals surface area contributed by atoms with Crippen LogP contribution in [0.4, 0.5) is 5.69 Å². The van der Waals surface area contributed by atoms with Crippen molar-refractivity contribution < 1.29 is 9.53 Å². The lowest BCUT2D eigenvalue weighted by Crippen LogP contribution is -2.39. The van der Waals surface area contributed by atoms with Crippen LogP contribution in [0.1, 0.15) is 18.0 Å². The van der Waals surface area contributed by atoms with Gasteiger partial charge in [-0.15, -0.1) is 0 Å². The Morgan fingerprint density at radius 3 is 2.74 bits per heavy atom. The van der Waals surface area contributed by atoms with Crippen molar-refractivity contribution >= 4 is 23.2 Å². The van der Waals surface area contributed by atoms with E-state index in [2.05, 4.69) is 16.2 Å². The molecule has 0 aromatic heterocycles. The zero-order valence-electron chi connectivity index (χ0n) is 12.7. The van der Waals surface area contributed by atoms with Gasteiger partial charge >= 0.3 is 0 Å². The standard InChI is InChI=1S/C17H18ClN3O2/c1-23-14-4-2-3-11(9-14)15-10-16(21-20-15)17(22)19-13-7-5-12(18)6-8-13/h2-9,15-16,20-21H,10H2,1H3,(H,19,22). The molecule has 3 rings (SSSR count). The summed E-state index contributed by atoms with van der Waals surface area (Å²) in [6.45, 7) is 0. The number of halogens is 1. The van der Waals surface area contributed by atoms with Crippen LogP contribution in [0.15, 0.2) is 48.5 Å². The average molecular weight is 332 g/mol. The first kappa shape index (κ1) is 15.8. The number of hydrogen-bond donors (Lipinski definition) is 3. The van der Waals surface area contributed by atoms with Crippen LogP contribution in [-0.2, 0) is 4.79 Å². The quantitative estimate of drug-likeness (QED) is 0.806. The second kappa shape index (κ2) is 7.00. The number of hydrazine groups is 1. The van der Waals surface area contributed by atoms with Gasteiger partial charge in [0.25, 0.3) is 0 Å². The first-order valence-electron chi connectivity index (χ1n) is 7.37. The minimum atomic E-state index is -0.304. The van der Waals surface area contributed by atoms with Crippen molar-refractivity contribution in [3.05, 3.63) is 59.1 Å². The summed E-state index contributed by atoms with van der Waals surface area (Å²) in [5, 5.41) is 3.52. The summed E-state index contributed by atoms with van der Waals surface area (Å²) in [6.07, 6.45) is 0.659. The van der Waals surface area contributed by atoms with Gasteiger partial charge in [0.05, 0.1) is 7.11 Å². The van der Waals surface area contributed by atoms with E-state index in [9.17, 15) is 4.79 Å². The van der Waals surface area contributed by atoms with Gasteiger partial charge in [0.2, 0.25) is 5.91 Å². The molecule has 2 atom stereocenters. The average Bonchev–Trinajstić information content (AvgIpc) is 3.07. The van der Waals surface area contributed by atoms with Crippen molar-refractivity contribution in [2.75, 3.05) is 12.4 Å². The molecule has 23 heavy (non-hydrogen) atoms. The molecular formula is C17H18ClN3O2. The molecule has 2 unspecified atom stereocenters. The van der Waals surface area contributed by atoms with Crippen molar-refractivity contribution in [3.8, 4) is 5.75 Å². The number of benzene rings is 2. The Morgan fingerprint density at radius 2 is 2.00 bits per heavy atom. The van der Waals surface area contributed by atoms with Crippen LogP contribution in [0.25, 0.3) is 0 Å². The first-order valence-corrected chi connectivity index (χ1v) is 7.75. The van der Waals surface area contributed by atoms with Crippen LogP contribution in [0, 0.1) is 0 Å². The van der Waals surface area contributed by atoms with Gasteiger partial charge < -0.3 is 10.1 Å². The van der Waals surface area contributed by atoms with E-state index < -0.39 is 0 Å². The Bertz CT molecular complexity index is 690. The lowest BCUT2D eigenvalue weighted by molar-refractivity contribution is -0.117. The maximum Gasteiger partial charge on any atom is 0.242 e.